The Kier molecular flexibility index (Phi) is 5.38. The second-order valence-electron chi connectivity index (χ2n) is 5.85. The van der Waals surface area contributed by atoms with Gasteiger partial charge in [-0.25, -0.2) is 0 Å². The lowest BCUT2D eigenvalue weighted by Crippen LogP contribution is -2.37. The minimum absolute atomic E-state index is 0.567. The van der Waals surface area contributed by atoms with Crippen molar-refractivity contribution in [1.82, 2.24) is 9.80 Å². The number of benzene rings is 1. The fourth-order valence-electron chi connectivity index (χ4n) is 2.40. The summed E-state index contributed by atoms with van der Waals surface area (Å²) in [7, 11) is 2.17. The number of hydrogen-bond donors (Lipinski definition) is 1. The van der Waals surface area contributed by atoms with Gasteiger partial charge in [0.2, 0.25) is 0 Å². The summed E-state index contributed by atoms with van der Waals surface area (Å²) in [5.74, 6) is 0.567. The number of nitrogens with one attached hydrogen (secondary N) is 1. The molecular weight excluding hydrogens is 266 g/mol. The average Bonchev–Trinajstić information content (AvgIpc) is 2.64. The van der Waals surface area contributed by atoms with Gasteiger partial charge in [0.25, 0.3) is 0 Å². The van der Waals surface area contributed by atoms with Crippen LogP contribution in [0.2, 0.25) is 0 Å². The number of nitrogens with zero attached hydrogens (tertiary/aromatic N) is 2. The Morgan fingerprint density at radius 2 is 1.80 bits per heavy atom. The van der Waals surface area contributed by atoms with Gasteiger partial charge in [-0.05, 0) is 55.8 Å². The van der Waals surface area contributed by atoms with Gasteiger partial charge in [-0.1, -0.05) is 26.0 Å². The largest absolute Gasteiger partial charge is 0.348 e. The van der Waals surface area contributed by atoms with E-state index < -0.39 is 0 Å². The van der Waals surface area contributed by atoms with Gasteiger partial charge >= 0.3 is 0 Å². The third kappa shape index (κ3) is 4.18. The van der Waals surface area contributed by atoms with Gasteiger partial charge < -0.3 is 15.1 Å². The third-order valence-corrected chi connectivity index (χ3v) is 4.20. The van der Waals surface area contributed by atoms with E-state index in [9.17, 15) is 0 Å². The maximum absolute atomic E-state index is 5.54. The molecule has 4 heteroatoms. The highest BCUT2D eigenvalue weighted by atomic mass is 32.1. The van der Waals surface area contributed by atoms with Crippen LogP contribution in [-0.4, -0.2) is 48.1 Å². The van der Waals surface area contributed by atoms with Gasteiger partial charge in [0.15, 0.2) is 5.11 Å². The van der Waals surface area contributed by atoms with Crippen LogP contribution in [0.5, 0.6) is 0 Å². The molecule has 1 aliphatic rings. The van der Waals surface area contributed by atoms with Crippen LogP contribution in [-0.2, 0) is 0 Å². The van der Waals surface area contributed by atoms with Gasteiger partial charge in [0.05, 0.1) is 0 Å². The Hall–Kier alpha value is -1.13. The second-order valence-corrected chi connectivity index (χ2v) is 6.24. The summed E-state index contributed by atoms with van der Waals surface area (Å²) in [6.07, 6.45) is 1.17. The predicted octanol–water partition coefficient (Wildman–Crippen LogP) is 3.14. The van der Waals surface area contributed by atoms with E-state index in [4.69, 9.17) is 12.2 Å². The van der Waals surface area contributed by atoms with Crippen LogP contribution in [0.15, 0.2) is 24.3 Å². The van der Waals surface area contributed by atoms with Crippen molar-refractivity contribution in [1.29, 1.82) is 0 Å². The molecule has 1 aromatic carbocycles. The zero-order chi connectivity index (χ0) is 14.5. The fraction of sp³-hybridized carbons (Fsp3) is 0.562. The topological polar surface area (TPSA) is 18.5 Å². The van der Waals surface area contributed by atoms with Crippen LogP contribution >= 0.6 is 12.2 Å². The smallest absolute Gasteiger partial charge is 0.173 e. The standard InChI is InChI=1S/C16H25N3S/c1-13(2)14-5-7-15(8-6-14)17-16(20)19-10-4-9-18(3)11-12-19/h5-8,13H,4,9-12H2,1-3H3,(H,17,20). The highest BCUT2D eigenvalue weighted by Crippen LogP contribution is 2.17. The molecule has 20 heavy (non-hydrogen) atoms. The Morgan fingerprint density at radius 1 is 1.10 bits per heavy atom. The molecule has 1 heterocycles. The van der Waals surface area contributed by atoms with Crippen LogP contribution in [0.3, 0.4) is 0 Å². The Bertz CT molecular complexity index is 442. The minimum Gasteiger partial charge on any atom is -0.348 e. The first-order valence-electron chi connectivity index (χ1n) is 7.40. The Labute approximate surface area is 128 Å². The second kappa shape index (κ2) is 7.04. The van der Waals surface area contributed by atoms with E-state index in [1.54, 1.807) is 0 Å². The van der Waals surface area contributed by atoms with Crippen LogP contribution in [0.4, 0.5) is 5.69 Å². The number of thiocarbonyl (C=S) groups is 1. The zero-order valence-electron chi connectivity index (χ0n) is 12.7. The average molecular weight is 291 g/mol. The SMILES string of the molecule is CC(C)c1ccc(NC(=S)N2CCCN(C)CC2)cc1. The lowest BCUT2D eigenvalue weighted by atomic mass is 10.0. The maximum Gasteiger partial charge on any atom is 0.173 e. The first-order chi connectivity index (χ1) is 9.56. The van der Waals surface area contributed by atoms with Gasteiger partial charge in [-0.2, -0.15) is 0 Å². The Balaban J connectivity index is 1.93. The molecule has 0 amide bonds. The highest BCUT2D eigenvalue weighted by molar-refractivity contribution is 7.80. The van der Waals surface area contributed by atoms with E-state index in [1.165, 1.54) is 12.0 Å². The molecule has 0 radical (unpaired) electrons. The molecule has 1 aromatic rings. The molecule has 0 atom stereocenters. The van der Waals surface area contributed by atoms with Crippen molar-refractivity contribution < 1.29 is 0 Å². The molecule has 110 valence electrons. The molecule has 3 nitrogen and oxygen atoms in total. The normalized spacial score (nSPS) is 17.1. The van der Waals surface area contributed by atoms with E-state index in [0.717, 1.165) is 37.0 Å². The molecule has 1 saturated heterocycles. The van der Waals surface area contributed by atoms with Gasteiger partial charge in [-0.3, -0.25) is 0 Å². The van der Waals surface area contributed by atoms with Crippen molar-refractivity contribution in [2.75, 3.05) is 38.5 Å². The quantitative estimate of drug-likeness (QED) is 0.843. The van der Waals surface area contributed by atoms with Crippen molar-refractivity contribution in [2.45, 2.75) is 26.2 Å². The molecule has 0 bridgehead atoms. The van der Waals surface area contributed by atoms with Crippen molar-refractivity contribution in [3.8, 4) is 0 Å². The molecule has 1 N–H and O–H groups in total. The van der Waals surface area contributed by atoms with Crippen LogP contribution < -0.4 is 5.32 Å². The number of rotatable bonds is 2. The van der Waals surface area contributed by atoms with Crippen LogP contribution in [0, 0.1) is 0 Å². The number of likely N-dealkylation sites (N-methyl/N-ethyl adjacent to an activating group) is 1. The van der Waals surface area contributed by atoms with E-state index in [1.807, 2.05) is 0 Å². The lowest BCUT2D eigenvalue weighted by Gasteiger charge is -2.24. The van der Waals surface area contributed by atoms with Crippen molar-refractivity contribution in [2.24, 2.45) is 0 Å². The van der Waals surface area contributed by atoms with Crippen LogP contribution in [0.1, 0.15) is 31.7 Å². The summed E-state index contributed by atoms with van der Waals surface area (Å²) in [5.41, 5.74) is 2.44. The van der Waals surface area contributed by atoms with Crippen molar-refractivity contribution >= 4 is 23.0 Å². The molecule has 0 saturated carbocycles. The summed E-state index contributed by atoms with van der Waals surface area (Å²) in [4.78, 5) is 4.63. The summed E-state index contributed by atoms with van der Waals surface area (Å²) >= 11 is 5.54. The third-order valence-electron chi connectivity index (χ3n) is 3.84. The summed E-state index contributed by atoms with van der Waals surface area (Å²) in [6.45, 7) is 8.70. The molecule has 2 rings (SSSR count). The van der Waals surface area contributed by atoms with Gasteiger partial charge in [-0.15, -0.1) is 0 Å². The number of anilines is 1. The predicted molar refractivity (Wildman–Crippen MR) is 90.4 cm³/mol. The summed E-state index contributed by atoms with van der Waals surface area (Å²) in [5, 5.41) is 4.20. The maximum atomic E-state index is 5.54. The van der Waals surface area contributed by atoms with E-state index in [2.05, 4.69) is 60.3 Å². The molecule has 0 aliphatic carbocycles. The monoisotopic (exact) mass is 291 g/mol. The van der Waals surface area contributed by atoms with Crippen molar-refractivity contribution in [3.63, 3.8) is 0 Å². The number of hydrogen-bond acceptors (Lipinski definition) is 2. The first-order valence-corrected chi connectivity index (χ1v) is 7.81. The molecule has 0 unspecified atom stereocenters. The van der Waals surface area contributed by atoms with Gasteiger partial charge in [0, 0.05) is 25.3 Å². The molecular formula is C16H25N3S. The molecule has 1 fully saturated rings. The van der Waals surface area contributed by atoms with E-state index in [-0.39, 0.29) is 0 Å². The van der Waals surface area contributed by atoms with Gasteiger partial charge in [0.1, 0.15) is 0 Å². The van der Waals surface area contributed by atoms with Crippen molar-refractivity contribution in [3.05, 3.63) is 29.8 Å². The minimum atomic E-state index is 0.567. The van der Waals surface area contributed by atoms with E-state index in [0.29, 0.717) is 5.92 Å². The van der Waals surface area contributed by atoms with Crippen LogP contribution in [0.25, 0.3) is 0 Å². The van der Waals surface area contributed by atoms with E-state index >= 15 is 0 Å². The fourth-order valence-corrected chi connectivity index (χ4v) is 2.70. The highest BCUT2D eigenvalue weighted by Gasteiger charge is 2.14. The summed E-state index contributed by atoms with van der Waals surface area (Å²) < 4.78 is 0. The first kappa shape index (κ1) is 15.3. The molecule has 0 aromatic heterocycles. The lowest BCUT2D eigenvalue weighted by molar-refractivity contribution is 0.347. The zero-order valence-corrected chi connectivity index (χ0v) is 13.5. The Morgan fingerprint density at radius 3 is 2.45 bits per heavy atom. The molecule has 1 aliphatic heterocycles. The molecule has 0 spiro atoms. The summed E-state index contributed by atoms with van der Waals surface area (Å²) in [6, 6.07) is 8.58.